The number of aromatic nitrogens is 5. The molecule has 0 amide bonds. The first-order valence-electron chi connectivity index (χ1n) is 19.5. The summed E-state index contributed by atoms with van der Waals surface area (Å²) in [6, 6.07) is 11.4. The smallest absolute Gasteiger partial charge is 0.307 e. The third kappa shape index (κ3) is 13.0. The number of benzene rings is 2. The first kappa shape index (κ1) is 52.1. The van der Waals surface area contributed by atoms with Gasteiger partial charge in [0.25, 0.3) is 10.1 Å². The Morgan fingerprint density at radius 3 is 1.59 bits per heavy atom. The maximum absolute atomic E-state index is 11.2. The van der Waals surface area contributed by atoms with E-state index < -0.39 is 26.0 Å². The van der Waals surface area contributed by atoms with Crippen LogP contribution in [0.25, 0.3) is 20.4 Å². The molecule has 5 heterocycles. The Hall–Kier alpha value is -4.85. The Morgan fingerprint density at radius 1 is 0.712 bits per heavy atom. The normalized spacial score (nSPS) is 11.4. The number of hydrogen-bond donors (Lipinski definition) is 9. The summed E-state index contributed by atoms with van der Waals surface area (Å²) in [6.45, 7) is 11.7. The number of nitrogen functional groups attached to an aromatic ring is 4. The lowest BCUT2D eigenvalue weighted by Gasteiger charge is -2.22. The van der Waals surface area contributed by atoms with Gasteiger partial charge >= 0.3 is 10.1 Å². The summed E-state index contributed by atoms with van der Waals surface area (Å²) in [7, 11) is -5.49. The van der Waals surface area contributed by atoms with Crippen LogP contribution in [0.1, 0.15) is 27.7 Å². The molecule has 0 fully saturated rings. The first-order chi connectivity index (χ1) is 31.2. The molecule has 7 rings (SSSR count). The van der Waals surface area contributed by atoms with Crippen LogP contribution in [0.15, 0.2) is 50.0 Å². The molecule has 0 bridgehead atoms. The van der Waals surface area contributed by atoms with Gasteiger partial charge in [-0.1, -0.05) is 23.1 Å². The molecule has 358 valence electrons. The molecule has 21 nitrogen and oxygen atoms in total. The molecule has 0 radical (unpaired) electrons. The van der Waals surface area contributed by atoms with Crippen molar-refractivity contribution in [3.63, 3.8) is 0 Å². The van der Waals surface area contributed by atoms with Crippen LogP contribution in [-0.4, -0.2) is 102 Å². The summed E-state index contributed by atoms with van der Waals surface area (Å²) >= 11 is 9.98. The van der Waals surface area contributed by atoms with E-state index in [2.05, 4.69) is 84.5 Å². The monoisotopic (exact) mass is 1060 g/mol. The van der Waals surface area contributed by atoms with Crippen LogP contribution in [0.5, 0.6) is 11.5 Å². The van der Waals surface area contributed by atoms with Crippen molar-refractivity contribution >= 4 is 167 Å². The largest absolute Gasteiger partial charge is 0.494 e. The van der Waals surface area contributed by atoms with Gasteiger partial charge in [0, 0.05) is 43.3 Å². The van der Waals surface area contributed by atoms with E-state index in [0.717, 1.165) is 92.4 Å². The summed E-state index contributed by atoms with van der Waals surface area (Å²) in [5.41, 5.74) is 28.1. The lowest BCUT2D eigenvalue weighted by Crippen LogP contribution is -2.22. The predicted octanol–water partition coefficient (Wildman–Crippen LogP) is 7.63. The SMILES string of the molecule is CCN(CC)c1ccc(N)c(Nc2nc(Nc3cc(N(CC)CC)ccc3N)nc(SCCS(=O)(=O)O)n2)c1.COc1c(S(=O)(=O)O)sc2nsc(N)c12.COc1c(S)sc2nsc(N)c12. The zero-order valence-corrected chi connectivity index (χ0v) is 42.9. The predicted molar refractivity (Wildman–Crippen MR) is 276 cm³/mol. The molecule has 0 spiro atoms. The molecule has 0 saturated carbocycles. The Bertz CT molecular complexity index is 2910. The van der Waals surface area contributed by atoms with Crippen molar-refractivity contribution in [2.24, 2.45) is 0 Å². The van der Waals surface area contributed by atoms with Crippen molar-refractivity contribution in [3.05, 3.63) is 36.4 Å². The quantitative estimate of drug-likeness (QED) is 0.0183. The fraction of sp³-hybridized carbons (Fsp3) is 0.324. The topological polar surface area (TPSA) is 326 Å². The van der Waals surface area contributed by atoms with Gasteiger partial charge in [-0.05, 0) is 87.2 Å². The molecule has 2 aromatic carbocycles. The highest BCUT2D eigenvalue weighted by atomic mass is 32.3. The summed E-state index contributed by atoms with van der Waals surface area (Å²) in [4.78, 5) is 19.1. The molecule has 7 aromatic rings. The zero-order valence-electron chi connectivity index (χ0n) is 36.3. The highest BCUT2D eigenvalue weighted by Gasteiger charge is 2.26. The highest BCUT2D eigenvalue weighted by Crippen LogP contribution is 2.45. The number of ether oxygens (including phenoxy) is 2. The number of nitrogens with two attached hydrogens (primary N) is 4. The molecule has 5 aromatic heterocycles. The number of hydrogen-bond acceptors (Lipinski definition) is 25. The average molecular weight is 1060 g/mol. The van der Waals surface area contributed by atoms with Gasteiger partial charge in [0.2, 0.25) is 11.9 Å². The van der Waals surface area contributed by atoms with Gasteiger partial charge < -0.3 is 52.8 Å². The van der Waals surface area contributed by atoms with E-state index in [1.165, 1.54) is 30.0 Å². The summed E-state index contributed by atoms with van der Waals surface area (Å²) in [6.07, 6.45) is 0. The number of thioether (sulfide) groups is 1. The summed E-state index contributed by atoms with van der Waals surface area (Å²) in [5.74, 6) is 0.841. The third-order valence-corrected chi connectivity index (χ3v) is 16.4. The maximum Gasteiger partial charge on any atom is 0.307 e. The number of rotatable bonds is 17. The minimum Gasteiger partial charge on any atom is -0.494 e. The van der Waals surface area contributed by atoms with Gasteiger partial charge in [0.15, 0.2) is 20.9 Å². The van der Waals surface area contributed by atoms with E-state index in [-0.39, 0.29) is 32.8 Å². The van der Waals surface area contributed by atoms with Crippen molar-refractivity contribution < 1.29 is 35.4 Å². The van der Waals surface area contributed by atoms with Crippen LogP contribution >= 0.6 is 70.1 Å². The molecule has 66 heavy (non-hydrogen) atoms. The van der Waals surface area contributed by atoms with Crippen molar-refractivity contribution in [1.82, 2.24) is 23.7 Å². The molecule has 12 N–H and O–H groups in total. The third-order valence-electron chi connectivity index (χ3n) is 9.24. The van der Waals surface area contributed by atoms with Gasteiger partial charge in [0.05, 0.1) is 53.5 Å². The molecule has 0 aliphatic rings. The number of thiol groups is 1. The van der Waals surface area contributed by atoms with E-state index in [1.54, 1.807) is 7.11 Å². The molecule has 0 aliphatic carbocycles. The van der Waals surface area contributed by atoms with Crippen molar-refractivity contribution in [2.45, 2.75) is 41.3 Å². The van der Waals surface area contributed by atoms with Crippen LogP contribution in [0.4, 0.5) is 56.0 Å². The Morgan fingerprint density at radius 2 is 1.17 bits per heavy atom. The van der Waals surface area contributed by atoms with Crippen molar-refractivity contribution in [3.8, 4) is 11.5 Å². The second kappa shape index (κ2) is 22.8. The van der Waals surface area contributed by atoms with Crippen LogP contribution in [-0.2, 0) is 20.2 Å². The minimum absolute atomic E-state index is 0.0564. The molecule has 0 unspecified atom stereocenters. The number of nitrogens with one attached hydrogen (secondary N) is 2. The van der Waals surface area contributed by atoms with Crippen LogP contribution in [0, 0.1) is 0 Å². The van der Waals surface area contributed by atoms with Crippen molar-refractivity contribution in [2.75, 3.05) is 95.3 Å². The van der Waals surface area contributed by atoms with Gasteiger partial charge in [-0.3, -0.25) is 9.11 Å². The lowest BCUT2D eigenvalue weighted by atomic mass is 10.2. The number of nitrogens with zero attached hydrogens (tertiary/aromatic N) is 7. The molecule has 0 atom stereocenters. The van der Waals surface area contributed by atoms with E-state index >= 15 is 0 Å². The number of thiophene rings is 2. The van der Waals surface area contributed by atoms with Crippen LogP contribution in [0.2, 0.25) is 0 Å². The standard InChI is InChI=1S/C25H37N9O3S2.C6H6N2O4S3.C6H6N2OS3/c1-5-33(6-2)17-9-11-19(26)21(15-17)28-23-30-24(32-25(31-23)38-13-14-39(35,36)37)29-22-16-18(10-12-20(22)27)34(7-3)8-4;1-12-3-2-4(7)14-8-5(2)13-6(3)15(9,10)11;1-9-3-2-4(7)12-8-5(2)11-6(3)10/h9-12,15-16H,5-8,13-14,26-27H2,1-4H3,(H,35,36,37)(H2,28,29,30,31,32);7H2,1H3,(H,9,10,11);10H,7H2,1H3. The Kier molecular flexibility index (Phi) is 18.0. The number of methoxy groups -OCH3 is 2. The molecule has 0 aliphatic heterocycles. The number of anilines is 10. The van der Waals surface area contributed by atoms with E-state index in [1.807, 2.05) is 36.4 Å². The Balaban J connectivity index is 0.000000242. The molecular weight excluding hydrogens is 1010 g/mol. The van der Waals surface area contributed by atoms with Gasteiger partial charge in [-0.25, -0.2) is 0 Å². The average Bonchev–Trinajstić information content (AvgIpc) is 4.02. The van der Waals surface area contributed by atoms with Gasteiger partial charge in [-0.15, -0.1) is 24.0 Å². The lowest BCUT2D eigenvalue weighted by molar-refractivity contribution is 0.406. The van der Waals surface area contributed by atoms with Gasteiger partial charge in [0.1, 0.15) is 23.9 Å². The second-order valence-electron chi connectivity index (χ2n) is 13.3. The molecule has 0 saturated heterocycles. The fourth-order valence-electron chi connectivity index (χ4n) is 6.05. The highest BCUT2D eigenvalue weighted by molar-refractivity contribution is 8.00. The maximum atomic E-state index is 11.2. The van der Waals surface area contributed by atoms with Crippen LogP contribution in [0.3, 0.4) is 0 Å². The van der Waals surface area contributed by atoms with Crippen LogP contribution < -0.4 is 52.8 Å². The van der Waals surface area contributed by atoms with Gasteiger partial charge in [-0.2, -0.15) is 40.5 Å². The number of fused-ring (bicyclic) bond motifs is 2. The first-order valence-corrected chi connectivity index (χ1v) is 27.2. The summed E-state index contributed by atoms with van der Waals surface area (Å²) < 4.78 is 81.3. The summed E-state index contributed by atoms with van der Waals surface area (Å²) in [5, 5.41) is 9.02. The second-order valence-corrected chi connectivity index (χ2v) is 21.9. The van der Waals surface area contributed by atoms with E-state index in [4.69, 9.17) is 41.5 Å². The van der Waals surface area contributed by atoms with E-state index in [0.29, 0.717) is 43.0 Å². The minimum atomic E-state index is -4.29. The Labute approximate surface area is 407 Å². The van der Waals surface area contributed by atoms with Crippen molar-refractivity contribution in [1.29, 1.82) is 0 Å². The molecule has 29 heteroatoms. The molecular formula is C37H49N13O8S8. The van der Waals surface area contributed by atoms with E-state index in [9.17, 15) is 16.8 Å². The zero-order chi connectivity index (χ0) is 48.5. The fourth-order valence-corrected chi connectivity index (χ4v) is 12.5.